The second-order valence-electron chi connectivity index (χ2n) is 16.3. The molecule has 0 saturated carbocycles. The molecule has 0 spiro atoms. The molecule has 6 nitrogen and oxygen atoms in total. The Bertz CT molecular complexity index is 2390. The van der Waals surface area contributed by atoms with Crippen LogP contribution in [0.1, 0.15) is 74.7 Å². The maximum absolute atomic E-state index is 12.7. The van der Waals surface area contributed by atoms with Crippen LogP contribution in [0.15, 0.2) is 104 Å². The highest BCUT2D eigenvalue weighted by molar-refractivity contribution is 7.99. The van der Waals surface area contributed by atoms with E-state index in [4.69, 9.17) is 20.4 Å². The van der Waals surface area contributed by atoms with Crippen LogP contribution < -0.4 is 5.63 Å². The summed E-state index contributed by atoms with van der Waals surface area (Å²) >= 11 is 8.92. The second-order valence-corrected chi connectivity index (χ2v) is 23.4. The van der Waals surface area contributed by atoms with Crippen molar-refractivity contribution in [2.24, 2.45) is 0 Å². The third-order valence-corrected chi connectivity index (χ3v) is 12.7. The zero-order valence-electron chi connectivity index (χ0n) is 38.0. The van der Waals surface area contributed by atoms with Crippen LogP contribution in [-0.2, 0) is 20.4 Å². The highest BCUT2D eigenvalue weighted by Gasteiger charge is 2.21. The molecule has 324 valence electrons. The third-order valence-electron chi connectivity index (χ3n) is 9.60. The molecule has 1 heterocycles. The van der Waals surface area contributed by atoms with Crippen molar-refractivity contribution in [2.45, 2.75) is 112 Å². The van der Waals surface area contributed by atoms with Crippen LogP contribution >= 0.6 is 35.1 Å². The molecule has 5 aromatic rings. The zero-order valence-corrected chi connectivity index (χ0v) is 41.4. The van der Waals surface area contributed by atoms with Gasteiger partial charge in [0.15, 0.2) is 0 Å². The highest BCUT2D eigenvalue weighted by Crippen LogP contribution is 2.36. The Morgan fingerprint density at radius 2 is 1.20 bits per heavy atom. The lowest BCUT2D eigenvalue weighted by Crippen LogP contribution is -2.24. The number of benzene rings is 4. The van der Waals surface area contributed by atoms with Crippen LogP contribution in [0.5, 0.6) is 5.75 Å². The molecule has 5 rings (SSSR count). The summed E-state index contributed by atoms with van der Waals surface area (Å²) in [5.74, 6) is 5.18. The molecular formula is C51H61ClO6S2Si. The SMILES string of the molecule is C/C=C(/CCSc1ccc(C)cc1)O[Si](C)(C)C.Cc1cc(C)c(C(=C=O)C(=O)Cl)c(C)c1.Cc1ccc(SCCc2oc(=O)c(-c3c(C)cc(C)cc3C)c(O)c2C)cc1. The summed E-state index contributed by atoms with van der Waals surface area (Å²) < 4.78 is 11.7. The van der Waals surface area contributed by atoms with Crippen LogP contribution in [0.3, 0.4) is 0 Å². The van der Waals surface area contributed by atoms with Gasteiger partial charge >= 0.3 is 5.63 Å². The number of aryl methyl sites for hydroxylation is 9. The van der Waals surface area contributed by atoms with Gasteiger partial charge < -0.3 is 13.9 Å². The Labute approximate surface area is 378 Å². The molecule has 61 heavy (non-hydrogen) atoms. The molecule has 0 radical (unpaired) electrons. The molecule has 0 atom stereocenters. The van der Waals surface area contributed by atoms with Gasteiger partial charge in [-0.2, -0.15) is 0 Å². The normalized spacial score (nSPS) is 11.1. The lowest BCUT2D eigenvalue weighted by Gasteiger charge is -2.21. The van der Waals surface area contributed by atoms with E-state index in [9.17, 15) is 19.5 Å². The van der Waals surface area contributed by atoms with Crippen molar-refractivity contribution in [3.05, 3.63) is 156 Å². The first-order valence-corrected chi connectivity index (χ1v) is 26.1. The molecule has 0 saturated heterocycles. The molecule has 0 amide bonds. The summed E-state index contributed by atoms with van der Waals surface area (Å²) in [5.41, 5.74) is 10.1. The van der Waals surface area contributed by atoms with E-state index in [0.717, 1.165) is 62.6 Å². The van der Waals surface area contributed by atoms with Crippen molar-refractivity contribution in [2.75, 3.05) is 11.5 Å². The lowest BCUT2D eigenvalue weighted by molar-refractivity contribution is -0.106. The lowest BCUT2D eigenvalue weighted by atomic mass is 9.93. The Morgan fingerprint density at radius 3 is 1.62 bits per heavy atom. The fraction of sp³-hybridized carbons (Fsp3) is 0.333. The number of hydrogen-bond acceptors (Lipinski definition) is 8. The first kappa shape index (κ1) is 50.9. The summed E-state index contributed by atoms with van der Waals surface area (Å²) in [6, 6.07) is 24.9. The summed E-state index contributed by atoms with van der Waals surface area (Å²) in [7, 11) is -1.46. The third kappa shape index (κ3) is 15.7. The number of thioether (sulfide) groups is 2. The van der Waals surface area contributed by atoms with Gasteiger partial charge in [-0.1, -0.05) is 76.9 Å². The summed E-state index contributed by atoms with van der Waals surface area (Å²) in [5, 5.41) is 10.0. The smallest absolute Gasteiger partial charge is 0.347 e. The van der Waals surface area contributed by atoms with E-state index in [2.05, 4.69) is 95.0 Å². The van der Waals surface area contributed by atoms with Crippen molar-refractivity contribution in [1.82, 2.24) is 0 Å². The topological polar surface area (TPSA) is 93.8 Å². The number of allylic oxidation sites excluding steroid dienone is 3. The quantitative estimate of drug-likeness (QED) is 0.0312. The molecule has 0 aliphatic carbocycles. The zero-order chi connectivity index (χ0) is 45.6. The molecule has 0 unspecified atom stereocenters. The van der Waals surface area contributed by atoms with Gasteiger partial charge in [0.1, 0.15) is 28.6 Å². The average Bonchev–Trinajstić information content (AvgIpc) is 3.17. The predicted octanol–water partition coefficient (Wildman–Crippen LogP) is 13.7. The largest absolute Gasteiger partial charge is 0.548 e. The van der Waals surface area contributed by atoms with Gasteiger partial charge in [0.2, 0.25) is 8.32 Å². The molecule has 1 aromatic heterocycles. The maximum Gasteiger partial charge on any atom is 0.347 e. The van der Waals surface area contributed by atoms with E-state index in [-0.39, 0.29) is 16.9 Å². The molecule has 0 aliphatic rings. The Hall–Kier alpha value is -4.50. The van der Waals surface area contributed by atoms with E-state index in [1.54, 1.807) is 17.7 Å². The fourth-order valence-electron chi connectivity index (χ4n) is 6.90. The van der Waals surface area contributed by atoms with Crippen molar-refractivity contribution < 1.29 is 23.5 Å². The number of hydrogen-bond donors (Lipinski definition) is 1. The van der Waals surface area contributed by atoms with E-state index in [1.807, 2.05) is 84.5 Å². The van der Waals surface area contributed by atoms with Gasteiger partial charge in [0, 0.05) is 45.3 Å². The van der Waals surface area contributed by atoms with Crippen LogP contribution in [0.25, 0.3) is 16.7 Å². The van der Waals surface area contributed by atoms with Crippen molar-refractivity contribution in [3.63, 3.8) is 0 Å². The Kier molecular flexibility index (Phi) is 19.7. The molecule has 4 aromatic carbocycles. The first-order chi connectivity index (χ1) is 28.6. The highest BCUT2D eigenvalue weighted by atomic mass is 35.5. The monoisotopic (exact) mass is 896 g/mol. The number of carbonyl (C=O) groups is 1. The summed E-state index contributed by atoms with van der Waals surface area (Å²) in [6.07, 6.45) is 3.70. The van der Waals surface area contributed by atoms with Crippen LogP contribution in [0, 0.1) is 62.3 Å². The molecule has 1 N–H and O–H groups in total. The van der Waals surface area contributed by atoms with Crippen molar-refractivity contribution in [3.8, 4) is 16.9 Å². The van der Waals surface area contributed by atoms with Crippen LogP contribution in [0.4, 0.5) is 0 Å². The van der Waals surface area contributed by atoms with E-state index < -0.39 is 19.2 Å². The van der Waals surface area contributed by atoms with Crippen molar-refractivity contribution in [1.29, 1.82) is 0 Å². The second kappa shape index (κ2) is 23.6. The summed E-state index contributed by atoms with van der Waals surface area (Å²) in [6.45, 7) is 26.3. The van der Waals surface area contributed by atoms with Crippen LogP contribution in [-0.4, -0.2) is 36.1 Å². The van der Waals surface area contributed by atoms with Gasteiger partial charge in [-0.25, -0.2) is 9.59 Å². The minimum atomic E-state index is -1.46. The Balaban J connectivity index is 0.000000260. The minimum Gasteiger partial charge on any atom is -0.548 e. The van der Waals surface area contributed by atoms with Gasteiger partial charge in [-0.15, -0.1) is 23.5 Å². The number of halogens is 1. The van der Waals surface area contributed by atoms with Crippen molar-refractivity contribution >= 4 is 60.2 Å². The van der Waals surface area contributed by atoms with E-state index in [0.29, 0.717) is 23.3 Å². The molecule has 0 bridgehead atoms. The van der Waals surface area contributed by atoms with Gasteiger partial charge in [-0.3, -0.25) is 4.79 Å². The predicted molar refractivity (Wildman–Crippen MR) is 262 cm³/mol. The van der Waals surface area contributed by atoms with Crippen LogP contribution in [0.2, 0.25) is 19.6 Å². The average molecular weight is 898 g/mol. The van der Waals surface area contributed by atoms with Gasteiger partial charge in [-0.05, 0) is 153 Å². The van der Waals surface area contributed by atoms with E-state index >= 15 is 0 Å². The molecule has 10 heteroatoms. The van der Waals surface area contributed by atoms with Gasteiger partial charge in [0.25, 0.3) is 5.24 Å². The number of rotatable bonds is 13. The Morgan fingerprint density at radius 1 is 0.738 bits per heavy atom. The first-order valence-electron chi connectivity index (χ1n) is 20.4. The number of carbonyl (C=O) groups excluding carboxylic acids is 2. The maximum atomic E-state index is 12.7. The molecular weight excluding hydrogens is 836 g/mol. The summed E-state index contributed by atoms with van der Waals surface area (Å²) in [4.78, 5) is 37.0. The number of aromatic hydroxyl groups is 1. The van der Waals surface area contributed by atoms with Gasteiger partial charge in [0.05, 0.1) is 5.76 Å². The van der Waals surface area contributed by atoms with E-state index in [1.165, 1.54) is 20.9 Å². The standard InChI is InChI=1S/C24H26O3S.C15H24OSSi.C12H11ClO2/c1-14-6-8-19(9-7-14)28-11-10-20-18(5)23(25)22(24(26)27-20)21-16(3)12-15(2)13-17(21)4;1-6-14(16-18(3,4)5)11-12-17-15-9-7-13(2)8-10-15;1-7-4-8(2)11(9(3)5-7)10(6-14)12(13)15/h6-9,12-13,25H,10-11H2,1-5H3;6-10H,11-12H2,1-5H3;4-5H,1-3H3/b;14-6-;. The molecule has 0 aliphatic heterocycles. The molecule has 0 fully saturated rings. The fourth-order valence-corrected chi connectivity index (χ4v) is 9.76. The minimum absolute atomic E-state index is 0.0293.